The standard InChI is InChI=1S/C17H24N4O.ClH/c1-17(2,12-18)13-20(3)16(22)11-14-5-7-15(8-6-14)21-10-4-9-19-21;/h4-10H,11-13,18H2,1-3H3;1H. The van der Waals surface area contributed by atoms with Crippen LogP contribution in [0.4, 0.5) is 0 Å². The van der Waals surface area contributed by atoms with E-state index in [-0.39, 0.29) is 23.7 Å². The molecule has 1 aromatic heterocycles. The van der Waals surface area contributed by atoms with E-state index in [9.17, 15) is 4.79 Å². The summed E-state index contributed by atoms with van der Waals surface area (Å²) in [5, 5.41) is 4.18. The molecule has 2 N–H and O–H groups in total. The van der Waals surface area contributed by atoms with Gasteiger partial charge in [-0.1, -0.05) is 26.0 Å². The minimum absolute atomic E-state index is 0. The van der Waals surface area contributed by atoms with Crippen molar-refractivity contribution in [1.29, 1.82) is 0 Å². The summed E-state index contributed by atoms with van der Waals surface area (Å²) in [5.41, 5.74) is 7.65. The normalized spacial score (nSPS) is 11.0. The molecule has 0 fully saturated rings. The Hall–Kier alpha value is -1.85. The summed E-state index contributed by atoms with van der Waals surface area (Å²) in [6.07, 6.45) is 4.03. The number of rotatable bonds is 6. The van der Waals surface area contributed by atoms with E-state index in [0.29, 0.717) is 19.5 Å². The number of carbonyl (C=O) groups is 1. The predicted molar refractivity (Wildman–Crippen MR) is 95.0 cm³/mol. The van der Waals surface area contributed by atoms with Crippen molar-refractivity contribution in [1.82, 2.24) is 14.7 Å². The van der Waals surface area contributed by atoms with Crippen LogP contribution < -0.4 is 5.73 Å². The number of aromatic nitrogens is 2. The van der Waals surface area contributed by atoms with E-state index in [1.165, 1.54) is 0 Å². The first-order valence-electron chi connectivity index (χ1n) is 7.44. The topological polar surface area (TPSA) is 64.2 Å². The number of carbonyl (C=O) groups excluding carboxylic acids is 1. The fourth-order valence-corrected chi connectivity index (χ4v) is 2.29. The molecule has 0 saturated heterocycles. The Morgan fingerprint density at radius 3 is 2.48 bits per heavy atom. The van der Waals surface area contributed by atoms with Crippen molar-refractivity contribution in [2.24, 2.45) is 11.1 Å². The lowest BCUT2D eigenvalue weighted by molar-refractivity contribution is -0.130. The van der Waals surface area contributed by atoms with Crippen molar-refractivity contribution in [3.8, 4) is 5.69 Å². The number of benzene rings is 1. The summed E-state index contributed by atoms with van der Waals surface area (Å²) >= 11 is 0. The van der Waals surface area contributed by atoms with E-state index >= 15 is 0 Å². The van der Waals surface area contributed by atoms with Gasteiger partial charge in [-0.25, -0.2) is 4.68 Å². The molecule has 0 saturated carbocycles. The second kappa shape index (κ2) is 8.13. The zero-order valence-electron chi connectivity index (χ0n) is 13.9. The lowest BCUT2D eigenvalue weighted by Gasteiger charge is -2.29. The van der Waals surface area contributed by atoms with Crippen LogP contribution in [0, 0.1) is 5.41 Å². The fourth-order valence-electron chi connectivity index (χ4n) is 2.29. The molecule has 0 spiro atoms. The molecule has 5 nitrogen and oxygen atoms in total. The van der Waals surface area contributed by atoms with E-state index in [2.05, 4.69) is 18.9 Å². The van der Waals surface area contributed by atoms with Crippen molar-refractivity contribution in [3.63, 3.8) is 0 Å². The highest BCUT2D eigenvalue weighted by molar-refractivity contribution is 5.85. The van der Waals surface area contributed by atoms with Crippen LogP contribution in [0.25, 0.3) is 5.69 Å². The summed E-state index contributed by atoms with van der Waals surface area (Å²) < 4.78 is 1.79. The SMILES string of the molecule is CN(CC(C)(C)CN)C(=O)Cc1ccc(-n2cccn2)cc1.Cl. The highest BCUT2D eigenvalue weighted by Crippen LogP contribution is 2.15. The summed E-state index contributed by atoms with van der Waals surface area (Å²) in [6, 6.07) is 9.76. The molecule has 1 heterocycles. The molecule has 1 aromatic carbocycles. The third-order valence-electron chi connectivity index (χ3n) is 3.70. The first-order chi connectivity index (χ1) is 10.4. The van der Waals surface area contributed by atoms with Crippen molar-refractivity contribution in [2.45, 2.75) is 20.3 Å². The molecule has 23 heavy (non-hydrogen) atoms. The maximum absolute atomic E-state index is 12.3. The predicted octanol–water partition coefficient (Wildman–Crippen LogP) is 2.28. The van der Waals surface area contributed by atoms with Crippen molar-refractivity contribution < 1.29 is 4.79 Å². The van der Waals surface area contributed by atoms with Gasteiger partial charge in [-0.05, 0) is 35.7 Å². The quantitative estimate of drug-likeness (QED) is 0.880. The summed E-state index contributed by atoms with van der Waals surface area (Å²) in [4.78, 5) is 14.0. The minimum Gasteiger partial charge on any atom is -0.345 e. The Bertz CT molecular complexity index is 608. The Morgan fingerprint density at radius 1 is 1.30 bits per heavy atom. The second-order valence-corrected chi connectivity index (χ2v) is 6.41. The molecular formula is C17H25ClN4O. The van der Waals surface area contributed by atoms with Crippen LogP contribution in [0.3, 0.4) is 0 Å². The molecule has 6 heteroatoms. The molecule has 2 rings (SSSR count). The second-order valence-electron chi connectivity index (χ2n) is 6.41. The zero-order valence-corrected chi connectivity index (χ0v) is 14.7. The van der Waals surface area contributed by atoms with Crippen LogP contribution in [-0.4, -0.2) is 40.7 Å². The van der Waals surface area contributed by atoms with Gasteiger partial charge in [0.1, 0.15) is 0 Å². The number of halogens is 1. The lowest BCUT2D eigenvalue weighted by atomic mass is 9.93. The van der Waals surface area contributed by atoms with Crippen LogP contribution in [0.1, 0.15) is 19.4 Å². The van der Waals surface area contributed by atoms with Crippen LogP contribution >= 0.6 is 12.4 Å². The average Bonchev–Trinajstić information content (AvgIpc) is 3.02. The molecular weight excluding hydrogens is 312 g/mol. The average molecular weight is 337 g/mol. The Kier molecular flexibility index (Phi) is 6.79. The van der Waals surface area contributed by atoms with E-state index in [0.717, 1.165) is 11.3 Å². The number of hydrogen-bond donors (Lipinski definition) is 1. The van der Waals surface area contributed by atoms with E-state index in [4.69, 9.17) is 5.73 Å². The molecule has 0 aliphatic rings. The molecule has 0 bridgehead atoms. The summed E-state index contributed by atoms with van der Waals surface area (Å²) in [7, 11) is 1.83. The molecule has 0 atom stereocenters. The Labute approximate surface area is 143 Å². The molecule has 0 unspecified atom stereocenters. The molecule has 2 aromatic rings. The van der Waals surface area contributed by atoms with Gasteiger partial charge in [0, 0.05) is 26.0 Å². The van der Waals surface area contributed by atoms with Crippen LogP contribution in [0.15, 0.2) is 42.7 Å². The highest BCUT2D eigenvalue weighted by atomic mass is 35.5. The number of nitrogens with zero attached hydrogens (tertiary/aromatic N) is 3. The van der Waals surface area contributed by atoms with Gasteiger partial charge < -0.3 is 10.6 Å². The van der Waals surface area contributed by atoms with Crippen LogP contribution in [-0.2, 0) is 11.2 Å². The fraction of sp³-hybridized carbons (Fsp3) is 0.412. The van der Waals surface area contributed by atoms with E-state index in [1.807, 2.05) is 43.6 Å². The van der Waals surface area contributed by atoms with Gasteiger partial charge >= 0.3 is 0 Å². The van der Waals surface area contributed by atoms with Crippen LogP contribution in [0.5, 0.6) is 0 Å². The third-order valence-corrected chi connectivity index (χ3v) is 3.70. The number of hydrogen-bond acceptors (Lipinski definition) is 3. The third kappa shape index (κ3) is 5.37. The van der Waals surface area contributed by atoms with Crippen molar-refractivity contribution in [2.75, 3.05) is 20.1 Å². The summed E-state index contributed by atoms with van der Waals surface area (Å²) in [6.45, 7) is 5.35. The van der Waals surface area contributed by atoms with Gasteiger partial charge in [-0.2, -0.15) is 5.10 Å². The number of amides is 1. The van der Waals surface area contributed by atoms with Gasteiger partial charge in [0.15, 0.2) is 0 Å². The Morgan fingerprint density at radius 2 is 1.96 bits per heavy atom. The van der Waals surface area contributed by atoms with Crippen molar-refractivity contribution >= 4 is 18.3 Å². The molecule has 0 aliphatic carbocycles. The molecule has 126 valence electrons. The molecule has 1 amide bonds. The zero-order chi connectivity index (χ0) is 16.2. The monoisotopic (exact) mass is 336 g/mol. The van der Waals surface area contributed by atoms with Gasteiger partial charge in [0.2, 0.25) is 5.91 Å². The van der Waals surface area contributed by atoms with E-state index < -0.39 is 0 Å². The van der Waals surface area contributed by atoms with Gasteiger partial charge in [-0.15, -0.1) is 12.4 Å². The van der Waals surface area contributed by atoms with E-state index in [1.54, 1.807) is 15.8 Å². The minimum atomic E-state index is -0.0612. The highest BCUT2D eigenvalue weighted by Gasteiger charge is 2.21. The van der Waals surface area contributed by atoms with Crippen molar-refractivity contribution in [3.05, 3.63) is 48.3 Å². The molecule has 0 radical (unpaired) electrons. The Balaban J connectivity index is 0.00000264. The largest absolute Gasteiger partial charge is 0.345 e. The maximum Gasteiger partial charge on any atom is 0.226 e. The van der Waals surface area contributed by atoms with Crippen LogP contribution in [0.2, 0.25) is 0 Å². The maximum atomic E-state index is 12.3. The lowest BCUT2D eigenvalue weighted by Crippen LogP contribution is -2.40. The van der Waals surface area contributed by atoms with Gasteiger partial charge in [0.05, 0.1) is 12.1 Å². The number of nitrogens with two attached hydrogens (primary N) is 1. The first-order valence-corrected chi connectivity index (χ1v) is 7.44. The number of likely N-dealkylation sites (N-methyl/N-ethyl adjacent to an activating group) is 1. The molecule has 0 aliphatic heterocycles. The summed E-state index contributed by atoms with van der Waals surface area (Å²) in [5.74, 6) is 0.105. The first kappa shape index (κ1) is 19.2. The smallest absolute Gasteiger partial charge is 0.226 e. The van der Waals surface area contributed by atoms with Gasteiger partial charge in [0.25, 0.3) is 0 Å². The van der Waals surface area contributed by atoms with Gasteiger partial charge in [-0.3, -0.25) is 4.79 Å².